The molecule has 2 aromatic rings. The van der Waals surface area contributed by atoms with E-state index in [0.717, 1.165) is 17.7 Å². The van der Waals surface area contributed by atoms with Gasteiger partial charge in [-0.15, -0.1) is 11.8 Å². The van der Waals surface area contributed by atoms with Gasteiger partial charge in [-0.2, -0.15) is 0 Å². The van der Waals surface area contributed by atoms with E-state index in [1.807, 2.05) is 18.2 Å². The molecule has 5 heteroatoms. The molecule has 2 aromatic carbocycles. The van der Waals surface area contributed by atoms with Crippen molar-refractivity contribution < 1.29 is 4.39 Å². The van der Waals surface area contributed by atoms with Crippen LogP contribution in [0.3, 0.4) is 0 Å². The van der Waals surface area contributed by atoms with Gasteiger partial charge >= 0.3 is 0 Å². The first-order valence-electron chi connectivity index (χ1n) is 6.27. The van der Waals surface area contributed by atoms with Gasteiger partial charge in [0.25, 0.3) is 0 Å². The maximum absolute atomic E-state index is 13.2. The van der Waals surface area contributed by atoms with Gasteiger partial charge < -0.3 is 0 Å². The van der Waals surface area contributed by atoms with Crippen molar-refractivity contribution in [1.29, 1.82) is 0 Å². The van der Waals surface area contributed by atoms with Crippen molar-refractivity contribution in [3.05, 3.63) is 64.4 Å². The number of nitrogens with one attached hydrogen (secondary N) is 1. The second-order valence-electron chi connectivity index (χ2n) is 4.44. The van der Waals surface area contributed by atoms with Crippen LogP contribution in [0, 0.1) is 5.82 Å². The van der Waals surface area contributed by atoms with Gasteiger partial charge in [0.15, 0.2) is 0 Å². The molecule has 0 aromatic heterocycles. The van der Waals surface area contributed by atoms with E-state index in [4.69, 9.17) is 5.84 Å². The summed E-state index contributed by atoms with van der Waals surface area (Å²) in [4.78, 5) is 1.22. The molecular weight excluding hydrogens is 339 g/mol. The number of halogens is 2. The Hall–Kier alpha value is -0.880. The number of rotatable bonds is 6. The molecule has 106 valence electrons. The summed E-state index contributed by atoms with van der Waals surface area (Å²) in [6, 6.07) is 15.4. The highest BCUT2D eigenvalue weighted by atomic mass is 79.9. The topological polar surface area (TPSA) is 38.0 Å². The highest BCUT2D eigenvalue weighted by molar-refractivity contribution is 9.10. The fourth-order valence-corrected chi connectivity index (χ4v) is 3.21. The van der Waals surface area contributed by atoms with Crippen LogP contribution in [0.1, 0.15) is 5.56 Å². The quantitative estimate of drug-likeness (QED) is 0.471. The molecule has 3 N–H and O–H groups in total. The lowest BCUT2D eigenvalue weighted by Crippen LogP contribution is -2.38. The summed E-state index contributed by atoms with van der Waals surface area (Å²) in [6.07, 6.45) is 0.759. The highest BCUT2D eigenvalue weighted by Crippen LogP contribution is 2.21. The van der Waals surface area contributed by atoms with Crippen molar-refractivity contribution in [2.24, 2.45) is 5.84 Å². The lowest BCUT2D eigenvalue weighted by Gasteiger charge is -2.16. The van der Waals surface area contributed by atoms with E-state index in [-0.39, 0.29) is 11.9 Å². The average Bonchev–Trinajstić information content (AvgIpc) is 2.48. The summed E-state index contributed by atoms with van der Waals surface area (Å²) in [7, 11) is 0. The molecule has 0 spiro atoms. The Morgan fingerprint density at radius 1 is 1.20 bits per heavy atom. The highest BCUT2D eigenvalue weighted by Gasteiger charge is 2.10. The van der Waals surface area contributed by atoms with E-state index in [0.29, 0.717) is 4.47 Å². The SMILES string of the molecule is NNC(CSc1ccccc1)Cc1ccc(F)c(Br)c1. The standard InChI is InChI=1S/C15H16BrFN2S/c16-14-9-11(6-7-15(14)17)8-12(19-18)10-20-13-4-2-1-3-5-13/h1-7,9,12,19H,8,10,18H2. The zero-order valence-electron chi connectivity index (χ0n) is 10.9. The fourth-order valence-electron chi connectivity index (χ4n) is 1.83. The molecule has 0 radical (unpaired) electrons. The van der Waals surface area contributed by atoms with Gasteiger partial charge in [-0.1, -0.05) is 24.3 Å². The predicted molar refractivity (Wildman–Crippen MR) is 86.1 cm³/mol. The molecule has 0 saturated carbocycles. The van der Waals surface area contributed by atoms with Crippen LogP contribution in [0.15, 0.2) is 57.9 Å². The van der Waals surface area contributed by atoms with Crippen LogP contribution in [0.2, 0.25) is 0 Å². The second kappa shape index (κ2) is 7.78. The Morgan fingerprint density at radius 2 is 1.95 bits per heavy atom. The molecule has 0 aliphatic carbocycles. The normalized spacial score (nSPS) is 12.3. The van der Waals surface area contributed by atoms with Crippen LogP contribution < -0.4 is 11.3 Å². The van der Waals surface area contributed by atoms with Crippen molar-refractivity contribution in [3.63, 3.8) is 0 Å². The number of hydrazine groups is 1. The second-order valence-corrected chi connectivity index (χ2v) is 6.39. The third-order valence-corrected chi connectivity index (χ3v) is 4.68. The van der Waals surface area contributed by atoms with Gasteiger partial charge in [0.05, 0.1) is 4.47 Å². The summed E-state index contributed by atoms with van der Waals surface area (Å²) in [5.74, 6) is 6.21. The Bertz CT molecular complexity index is 551. The van der Waals surface area contributed by atoms with Gasteiger partial charge in [-0.3, -0.25) is 11.3 Å². The third-order valence-electron chi connectivity index (χ3n) is 2.90. The van der Waals surface area contributed by atoms with Crippen molar-refractivity contribution in [3.8, 4) is 0 Å². The molecule has 0 aliphatic rings. The minimum absolute atomic E-state index is 0.137. The molecular formula is C15H16BrFN2S. The Labute approximate surface area is 131 Å². The van der Waals surface area contributed by atoms with Crippen molar-refractivity contribution >= 4 is 27.7 Å². The summed E-state index contributed by atoms with van der Waals surface area (Å²) >= 11 is 4.95. The van der Waals surface area contributed by atoms with Crippen molar-refractivity contribution in [2.45, 2.75) is 17.4 Å². The van der Waals surface area contributed by atoms with Crippen LogP contribution >= 0.6 is 27.7 Å². The van der Waals surface area contributed by atoms with Crippen LogP contribution in [0.4, 0.5) is 4.39 Å². The monoisotopic (exact) mass is 354 g/mol. The average molecular weight is 355 g/mol. The minimum atomic E-state index is -0.246. The van der Waals surface area contributed by atoms with Crippen LogP contribution in [0.25, 0.3) is 0 Å². The first kappa shape index (κ1) is 15.5. The molecule has 0 fully saturated rings. The maximum Gasteiger partial charge on any atom is 0.137 e. The van der Waals surface area contributed by atoms with Gasteiger partial charge in [-0.25, -0.2) is 4.39 Å². The Kier molecular flexibility index (Phi) is 6.04. The molecule has 2 nitrogen and oxygen atoms in total. The van der Waals surface area contributed by atoms with E-state index in [1.54, 1.807) is 23.9 Å². The minimum Gasteiger partial charge on any atom is -0.271 e. The summed E-state index contributed by atoms with van der Waals surface area (Å²) in [6.45, 7) is 0. The van der Waals surface area contributed by atoms with E-state index in [2.05, 4.69) is 33.5 Å². The molecule has 1 atom stereocenters. The predicted octanol–water partition coefficient (Wildman–Crippen LogP) is 3.75. The number of nitrogens with two attached hydrogens (primary N) is 1. The molecule has 20 heavy (non-hydrogen) atoms. The maximum atomic E-state index is 13.2. The van der Waals surface area contributed by atoms with Gasteiger partial charge in [-0.05, 0) is 52.2 Å². The smallest absolute Gasteiger partial charge is 0.137 e. The molecule has 0 saturated heterocycles. The Balaban J connectivity index is 1.93. The molecule has 0 aliphatic heterocycles. The fraction of sp³-hybridized carbons (Fsp3) is 0.200. The third kappa shape index (κ3) is 4.59. The molecule has 0 amide bonds. The number of hydrogen-bond acceptors (Lipinski definition) is 3. The summed E-state index contributed by atoms with van der Waals surface area (Å²) < 4.78 is 13.7. The van der Waals surface area contributed by atoms with E-state index >= 15 is 0 Å². The van der Waals surface area contributed by atoms with Crippen LogP contribution in [0.5, 0.6) is 0 Å². The van der Waals surface area contributed by atoms with Gasteiger partial charge in [0.2, 0.25) is 0 Å². The lowest BCUT2D eigenvalue weighted by atomic mass is 10.1. The molecule has 2 rings (SSSR count). The number of thioether (sulfide) groups is 1. The van der Waals surface area contributed by atoms with Crippen molar-refractivity contribution in [1.82, 2.24) is 5.43 Å². The number of benzene rings is 2. The van der Waals surface area contributed by atoms with Gasteiger partial charge in [0.1, 0.15) is 5.82 Å². The first-order valence-corrected chi connectivity index (χ1v) is 8.05. The first-order chi connectivity index (χ1) is 9.69. The lowest BCUT2D eigenvalue weighted by molar-refractivity contribution is 0.573. The zero-order valence-corrected chi connectivity index (χ0v) is 13.3. The molecule has 0 heterocycles. The van der Waals surface area contributed by atoms with Crippen LogP contribution in [-0.4, -0.2) is 11.8 Å². The van der Waals surface area contributed by atoms with E-state index in [9.17, 15) is 4.39 Å². The largest absolute Gasteiger partial charge is 0.271 e. The van der Waals surface area contributed by atoms with Crippen LogP contribution in [-0.2, 0) is 6.42 Å². The van der Waals surface area contributed by atoms with Crippen molar-refractivity contribution in [2.75, 3.05) is 5.75 Å². The molecule has 1 unspecified atom stereocenters. The van der Waals surface area contributed by atoms with E-state index in [1.165, 1.54) is 11.0 Å². The molecule has 0 bridgehead atoms. The summed E-state index contributed by atoms with van der Waals surface area (Å²) in [5.41, 5.74) is 3.88. The number of hydrogen-bond donors (Lipinski definition) is 2. The summed E-state index contributed by atoms with van der Waals surface area (Å²) in [5, 5.41) is 0. The van der Waals surface area contributed by atoms with E-state index < -0.39 is 0 Å². The Morgan fingerprint density at radius 3 is 2.60 bits per heavy atom. The van der Waals surface area contributed by atoms with Gasteiger partial charge in [0, 0.05) is 16.7 Å². The zero-order chi connectivity index (χ0) is 14.4.